The van der Waals surface area contributed by atoms with Gasteiger partial charge >= 0.3 is 5.69 Å². The van der Waals surface area contributed by atoms with E-state index in [0.29, 0.717) is 5.92 Å². The van der Waals surface area contributed by atoms with E-state index in [-0.39, 0.29) is 11.7 Å². The molecule has 0 atom stereocenters. The first-order chi connectivity index (χ1) is 7.86. The zero-order chi connectivity index (χ0) is 11.0. The zero-order valence-electron chi connectivity index (χ0n) is 9.11. The lowest BCUT2D eigenvalue weighted by atomic mass is 9.98. The van der Waals surface area contributed by atoms with Crippen LogP contribution in [0.1, 0.15) is 30.6 Å². The SMILES string of the molecule is O=c1[nH]nc(C2CCOCC2)n1C1CNC1. The summed E-state index contributed by atoms with van der Waals surface area (Å²) >= 11 is 0. The fraction of sp³-hybridized carbons (Fsp3) is 0.800. The van der Waals surface area contributed by atoms with Crippen LogP contribution in [0.3, 0.4) is 0 Å². The van der Waals surface area contributed by atoms with Crippen molar-refractivity contribution in [3.8, 4) is 0 Å². The maximum absolute atomic E-state index is 11.7. The van der Waals surface area contributed by atoms with Gasteiger partial charge < -0.3 is 10.1 Å². The van der Waals surface area contributed by atoms with E-state index in [4.69, 9.17) is 4.74 Å². The summed E-state index contributed by atoms with van der Waals surface area (Å²) in [4.78, 5) is 11.7. The summed E-state index contributed by atoms with van der Waals surface area (Å²) in [6, 6.07) is 0.282. The van der Waals surface area contributed by atoms with Crippen LogP contribution in [-0.2, 0) is 4.74 Å². The van der Waals surface area contributed by atoms with Gasteiger partial charge in [0.1, 0.15) is 5.82 Å². The molecule has 6 heteroatoms. The minimum atomic E-state index is -0.0759. The second-order valence-electron chi connectivity index (χ2n) is 4.46. The van der Waals surface area contributed by atoms with Gasteiger partial charge in [-0.05, 0) is 12.8 Å². The maximum Gasteiger partial charge on any atom is 0.343 e. The highest BCUT2D eigenvalue weighted by molar-refractivity contribution is 5.02. The molecule has 2 aliphatic heterocycles. The summed E-state index contributed by atoms with van der Waals surface area (Å²) in [5, 5.41) is 9.94. The number of nitrogens with zero attached hydrogens (tertiary/aromatic N) is 2. The predicted octanol–water partition coefficient (Wildman–Crippen LogP) is -0.390. The summed E-state index contributed by atoms with van der Waals surface area (Å²) < 4.78 is 7.16. The highest BCUT2D eigenvalue weighted by Crippen LogP contribution is 2.26. The molecule has 1 aromatic rings. The van der Waals surface area contributed by atoms with E-state index in [1.165, 1.54) is 0 Å². The molecule has 6 nitrogen and oxygen atoms in total. The molecule has 0 bridgehead atoms. The Hall–Kier alpha value is -1.14. The molecule has 0 aromatic carbocycles. The quantitative estimate of drug-likeness (QED) is 0.717. The molecule has 0 spiro atoms. The highest BCUT2D eigenvalue weighted by Gasteiger charge is 2.28. The summed E-state index contributed by atoms with van der Waals surface area (Å²) in [7, 11) is 0. The van der Waals surface area contributed by atoms with Crippen molar-refractivity contribution in [3.05, 3.63) is 16.3 Å². The number of aromatic nitrogens is 3. The van der Waals surface area contributed by atoms with Gasteiger partial charge in [0, 0.05) is 32.2 Å². The van der Waals surface area contributed by atoms with Gasteiger partial charge in [-0.3, -0.25) is 4.57 Å². The molecular weight excluding hydrogens is 208 g/mol. The molecule has 88 valence electrons. The van der Waals surface area contributed by atoms with E-state index in [1.54, 1.807) is 0 Å². The number of rotatable bonds is 2. The zero-order valence-corrected chi connectivity index (χ0v) is 9.11. The fourth-order valence-corrected chi connectivity index (χ4v) is 2.37. The normalized spacial score (nSPS) is 23.2. The Bertz CT molecular complexity index is 415. The van der Waals surface area contributed by atoms with Gasteiger partial charge in [0.05, 0.1) is 6.04 Å². The Morgan fingerprint density at radius 3 is 2.69 bits per heavy atom. The average molecular weight is 224 g/mol. The molecular formula is C10H16N4O2. The molecule has 2 saturated heterocycles. The molecule has 0 unspecified atom stereocenters. The van der Waals surface area contributed by atoms with Crippen molar-refractivity contribution in [2.24, 2.45) is 0 Å². The number of hydrogen-bond donors (Lipinski definition) is 2. The lowest BCUT2D eigenvalue weighted by Crippen LogP contribution is -2.47. The molecule has 3 heterocycles. The second kappa shape index (κ2) is 4.03. The van der Waals surface area contributed by atoms with Gasteiger partial charge in [-0.25, -0.2) is 9.89 Å². The van der Waals surface area contributed by atoms with Crippen molar-refractivity contribution in [1.82, 2.24) is 20.1 Å². The molecule has 3 rings (SSSR count). The van der Waals surface area contributed by atoms with Crippen LogP contribution in [0.25, 0.3) is 0 Å². The maximum atomic E-state index is 11.7. The van der Waals surface area contributed by atoms with Crippen LogP contribution in [-0.4, -0.2) is 41.1 Å². The standard InChI is InChI=1S/C10H16N4O2/c15-10-13-12-9(7-1-3-16-4-2-7)14(10)8-5-11-6-8/h7-8,11H,1-6H2,(H,13,15). The largest absolute Gasteiger partial charge is 0.381 e. The Labute approximate surface area is 93.0 Å². The van der Waals surface area contributed by atoms with Crippen LogP contribution in [0.4, 0.5) is 0 Å². The van der Waals surface area contributed by atoms with Crippen molar-refractivity contribution >= 4 is 0 Å². The van der Waals surface area contributed by atoms with Crippen LogP contribution in [0.2, 0.25) is 0 Å². The van der Waals surface area contributed by atoms with Crippen molar-refractivity contribution in [1.29, 1.82) is 0 Å². The first-order valence-corrected chi connectivity index (χ1v) is 5.81. The Morgan fingerprint density at radius 1 is 1.31 bits per heavy atom. The molecule has 0 saturated carbocycles. The van der Waals surface area contributed by atoms with E-state index in [2.05, 4.69) is 15.5 Å². The second-order valence-corrected chi connectivity index (χ2v) is 4.46. The summed E-state index contributed by atoms with van der Waals surface area (Å²) in [6.07, 6.45) is 1.93. The number of ether oxygens (including phenoxy) is 1. The molecule has 2 fully saturated rings. The number of hydrogen-bond acceptors (Lipinski definition) is 4. The summed E-state index contributed by atoms with van der Waals surface area (Å²) in [5.41, 5.74) is -0.0759. The van der Waals surface area contributed by atoms with Gasteiger partial charge in [0.2, 0.25) is 0 Å². The van der Waals surface area contributed by atoms with Crippen LogP contribution in [0.15, 0.2) is 4.79 Å². The number of aromatic amines is 1. The molecule has 16 heavy (non-hydrogen) atoms. The van der Waals surface area contributed by atoms with Gasteiger partial charge in [0.25, 0.3) is 0 Å². The predicted molar refractivity (Wildman–Crippen MR) is 57.5 cm³/mol. The smallest absolute Gasteiger partial charge is 0.343 e. The van der Waals surface area contributed by atoms with Gasteiger partial charge in [-0.2, -0.15) is 5.10 Å². The van der Waals surface area contributed by atoms with Gasteiger partial charge in [-0.1, -0.05) is 0 Å². The fourth-order valence-electron chi connectivity index (χ4n) is 2.37. The minimum Gasteiger partial charge on any atom is -0.381 e. The summed E-state index contributed by atoms with van der Waals surface area (Å²) in [6.45, 7) is 3.29. The van der Waals surface area contributed by atoms with Crippen LogP contribution >= 0.6 is 0 Å². The van der Waals surface area contributed by atoms with E-state index < -0.39 is 0 Å². The number of nitrogens with one attached hydrogen (secondary N) is 2. The molecule has 2 N–H and O–H groups in total. The van der Waals surface area contributed by atoms with Crippen molar-refractivity contribution in [2.45, 2.75) is 24.8 Å². The van der Waals surface area contributed by atoms with Crippen molar-refractivity contribution < 1.29 is 4.74 Å². The van der Waals surface area contributed by atoms with Crippen LogP contribution in [0, 0.1) is 0 Å². The molecule has 0 radical (unpaired) electrons. The molecule has 0 amide bonds. The lowest BCUT2D eigenvalue weighted by Gasteiger charge is -2.30. The Morgan fingerprint density at radius 2 is 2.06 bits per heavy atom. The van der Waals surface area contributed by atoms with E-state index in [9.17, 15) is 4.79 Å². The topological polar surface area (TPSA) is 71.9 Å². The van der Waals surface area contributed by atoms with E-state index in [0.717, 1.165) is 45.0 Å². The first kappa shape index (κ1) is 10.0. The average Bonchev–Trinajstić information content (AvgIpc) is 2.60. The third kappa shape index (κ3) is 1.58. The van der Waals surface area contributed by atoms with Crippen LogP contribution in [0.5, 0.6) is 0 Å². The molecule has 0 aliphatic carbocycles. The van der Waals surface area contributed by atoms with Gasteiger partial charge in [-0.15, -0.1) is 0 Å². The van der Waals surface area contributed by atoms with Gasteiger partial charge in [0.15, 0.2) is 0 Å². The monoisotopic (exact) mass is 224 g/mol. The van der Waals surface area contributed by atoms with Crippen LogP contribution < -0.4 is 11.0 Å². The molecule has 1 aromatic heterocycles. The third-order valence-electron chi connectivity index (χ3n) is 3.44. The molecule has 2 aliphatic rings. The van der Waals surface area contributed by atoms with E-state index >= 15 is 0 Å². The first-order valence-electron chi connectivity index (χ1n) is 5.81. The van der Waals surface area contributed by atoms with Crippen molar-refractivity contribution in [2.75, 3.05) is 26.3 Å². The van der Waals surface area contributed by atoms with E-state index in [1.807, 2.05) is 4.57 Å². The summed E-state index contributed by atoms with van der Waals surface area (Å²) in [5.74, 6) is 1.29. The highest BCUT2D eigenvalue weighted by atomic mass is 16.5. The van der Waals surface area contributed by atoms with Crippen molar-refractivity contribution in [3.63, 3.8) is 0 Å². The lowest BCUT2D eigenvalue weighted by molar-refractivity contribution is 0.0819. The third-order valence-corrected chi connectivity index (χ3v) is 3.44. The number of H-pyrrole nitrogens is 1. The Balaban J connectivity index is 1.90. The Kier molecular flexibility index (Phi) is 2.53. The minimum absolute atomic E-state index is 0.0759.